The smallest absolute Gasteiger partial charge is 0.457 e. The molecule has 3 N–H and O–H groups in total. The van der Waals surface area contributed by atoms with Gasteiger partial charge in [-0.2, -0.15) is 13.2 Å². The van der Waals surface area contributed by atoms with Gasteiger partial charge in [0.2, 0.25) is 0 Å². The Morgan fingerprint density at radius 2 is 2.00 bits per heavy atom. The molecule has 0 aliphatic heterocycles. The maximum absolute atomic E-state index is 11.7. The van der Waals surface area contributed by atoms with Crippen LogP contribution in [-0.4, -0.2) is 35.5 Å². The van der Waals surface area contributed by atoms with Gasteiger partial charge in [-0.1, -0.05) is 6.92 Å². The zero-order valence-corrected chi connectivity index (χ0v) is 8.47. The van der Waals surface area contributed by atoms with Gasteiger partial charge in [0.05, 0.1) is 11.6 Å². The van der Waals surface area contributed by atoms with Crippen LogP contribution in [-0.2, 0) is 9.53 Å². The fraction of sp³-hybridized carbons (Fsp3) is 0.875. The van der Waals surface area contributed by atoms with Gasteiger partial charge in [-0.05, 0) is 13.3 Å². The molecule has 0 amide bonds. The average molecular weight is 229 g/mol. The summed E-state index contributed by atoms with van der Waals surface area (Å²) in [4.78, 5) is 10.3. The quantitative estimate of drug-likeness (QED) is 0.692. The third-order valence-electron chi connectivity index (χ3n) is 2.14. The van der Waals surface area contributed by atoms with Crippen LogP contribution in [0.25, 0.3) is 0 Å². The minimum Gasteiger partial charge on any atom is -0.457 e. The summed E-state index contributed by atoms with van der Waals surface area (Å²) in [5.74, 6) is -2.30. The molecule has 0 radical (unpaired) electrons. The number of carbonyl (C=O) groups is 1. The Morgan fingerprint density at radius 1 is 1.53 bits per heavy atom. The Labute approximate surface area is 85.2 Å². The van der Waals surface area contributed by atoms with Gasteiger partial charge in [0.1, 0.15) is 6.61 Å². The molecule has 0 aliphatic carbocycles. The second kappa shape index (κ2) is 4.80. The van der Waals surface area contributed by atoms with Crippen LogP contribution in [0.3, 0.4) is 0 Å². The number of carbonyl (C=O) groups excluding carboxylic acids is 1. The van der Waals surface area contributed by atoms with Crippen molar-refractivity contribution in [1.29, 1.82) is 0 Å². The van der Waals surface area contributed by atoms with Crippen LogP contribution in [0.1, 0.15) is 20.3 Å². The molecule has 0 aromatic heterocycles. The molecule has 0 spiro atoms. The van der Waals surface area contributed by atoms with Gasteiger partial charge in [-0.25, -0.2) is 4.79 Å². The number of hydrogen-bond donors (Lipinski definition) is 2. The highest BCUT2D eigenvalue weighted by Gasteiger charge is 2.41. The number of ether oxygens (including phenoxy) is 1. The lowest BCUT2D eigenvalue weighted by Gasteiger charge is -2.28. The number of rotatable bonds is 4. The van der Waals surface area contributed by atoms with Crippen molar-refractivity contribution in [3.63, 3.8) is 0 Å². The molecule has 0 unspecified atom stereocenters. The lowest BCUT2D eigenvalue weighted by molar-refractivity contribution is -0.201. The topological polar surface area (TPSA) is 72.6 Å². The van der Waals surface area contributed by atoms with E-state index in [1.165, 1.54) is 6.92 Å². The van der Waals surface area contributed by atoms with E-state index in [9.17, 15) is 23.1 Å². The first-order valence-corrected chi connectivity index (χ1v) is 4.33. The summed E-state index contributed by atoms with van der Waals surface area (Å²) in [6.07, 6.45) is -4.78. The van der Waals surface area contributed by atoms with Crippen LogP contribution in [0.5, 0.6) is 0 Å². The molecular weight excluding hydrogens is 215 g/mol. The van der Waals surface area contributed by atoms with E-state index >= 15 is 0 Å². The average Bonchev–Trinajstić information content (AvgIpc) is 2.11. The summed E-state index contributed by atoms with van der Waals surface area (Å²) in [6, 6.07) is -1.05. The fourth-order valence-electron chi connectivity index (χ4n) is 0.689. The monoisotopic (exact) mass is 229 g/mol. The predicted octanol–water partition coefficient (Wildman–Crippen LogP) is 0.580. The molecule has 0 rings (SSSR count). The number of alkyl halides is 3. The van der Waals surface area contributed by atoms with Gasteiger partial charge in [-0.3, -0.25) is 0 Å². The number of hydrogen-bond acceptors (Lipinski definition) is 4. The summed E-state index contributed by atoms with van der Waals surface area (Å²) in [5.41, 5.74) is 4.00. The molecule has 90 valence electrons. The first kappa shape index (κ1) is 14.2. The fourth-order valence-corrected chi connectivity index (χ4v) is 0.689. The van der Waals surface area contributed by atoms with Gasteiger partial charge >= 0.3 is 12.1 Å². The Morgan fingerprint density at radius 3 is 2.33 bits per heavy atom. The third-order valence-corrected chi connectivity index (χ3v) is 2.14. The highest BCUT2D eigenvalue weighted by Crippen LogP contribution is 2.18. The van der Waals surface area contributed by atoms with E-state index in [-0.39, 0.29) is 6.42 Å². The molecule has 0 aromatic rings. The Balaban J connectivity index is 4.13. The van der Waals surface area contributed by atoms with Gasteiger partial charge in [0, 0.05) is 0 Å². The first-order valence-electron chi connectivity index (χ1n) is 4.33. The molecule has 0 saturated carbocycles. The van der Waals surface area contributed by atoms with Gasteiger partial charge < -0.3 is 15.6 Å². The highest BCUT2D eigenvalue weighted by atomic mass is 19.4. The first-order chi connectivity index (χ1) is 6.61. The van der Waals surface area contributed by atoms with Gasteiger partial charge in [0.15, 0.2) is 0 Å². The molecule has 0 bridgehead atoms. The van der Waals surface area contributed by atoms with E-state index in [4.69, 9.17) is 5.73 Å². The SMILES string of the molecule is CC[C@](C)(O)[C@@H](N)COC(=O)C(F)(F)F. The van der Waals surface area contributed by atoms with E-state index in [0.29, 0.717) is 0 Å². The summed E-state index contributed by atoms with van der Waals surface area (Å²) in [6.45, 7) is 2.31. The van der Waals surface area contributed by atoms with Crippen LogP contribution in [0, 0.1) is 0 Å². The molecule has 0 saturated heterocycles. The van der Waals surface area contributed by atoms with E-state index in [1.54, 1.807) is 6.92 Å². The third kappa shape index (κ3) is 4.48. The summed E-state index contributed by atoms with van der Waals surface area (Å²) in [7, 11) is 0. The van der Waals surface area contributed by atoms with E-state index < -0.39 is 30.4 Å². The normalized spacial score (nSPS) is 18.1. The summed E-state index contributed by atoms with van der Waals surface area (Å²) < 4.78 is 39.0. The molecule has 2 atom stereocenters. The largest absolute Gasteiger partial charge is 0.490 e. The van der Waals surface area contributed by atoms with E-state index in [2.05, 4.69) is 4.74 Å². The molecule has 0 heterocycles. The summed E-state index contributed by atoms with van der Waals surface area (Å²) >= 11 is 0. The van der Waals surface area contributed by atoms with Crippen molar-refractivity contribution in [2.45, 2.75) is 38.1 Å². The van der Waals surface area contributed by atoms with Crippen molar-refractivity contribution in [3.8, 4) is 0 Å². The molecular formula is C8H14F3NO3. The number of halogens is 3. The molecule has 15 heavy (non-hydrogen) atoms. The minimum atomic E-state index is -5.03. The van der Waals surface area contributed by atoms with Crippen molar-refractivity contribution in [1.82, 2.24) is 0 Å². The van der Waals surface area contributed by atoms with Gasteiger partial charge in [-0.15, -0.1) is 0 Å². The van der Waals surface area contributed by atoms with E-state index in [0.717, 1.165) is 0 Å². The molecule has 0 aliphatic rings. The Bertz CT molecular complexity index is 228. The maximum atomic E-state index is 11.7. The minimum absolute atomic E-state index is 0.248. The Kier molecular flexibility index (Phi) is 4.54. The predicted molar refractivity (Wildman–Crippen MR) is 45.9 cm³/mol. The van der Waals surface area contributed by atoms with Crippen LogP contribution < -0.4 is 5.73 Å². The van der Waals surface area contributed by atoms with Crippen LogP contribution in [0.2, 0.25) is 0 Å². The Hall–Kier alpha value is -0.820. The van der Waals surface area contributed by atoms with Crippen LogP contribution >= 0.6 is 0 Å². The van der Waals surface area contributed by atoms with Crippen molar-refractivity contribution in [2.75, 3.05) is 6.61 Å². The zero-order chi connectivity index (χ0) is 12.3. The lowest BCUT2D eigenvalue weighted by atomic mass is 9.95. The second-order valence-electron chi connectivity index (χ2n) is 3.41. The van der Waals surface area contributed by atoms with Crippen molar-refractivity contribution < 1.29 is 27.8 Å². The number of esters is 1. The lowest BCUT2D eigenvalue weighted by Crippen LogP contribution is -2.49. The van der Waals surface area contributed by atoms with Crippen molar-refractivity contribution in [3.05, 3.63) is 0 Å². The van der Waals surface area contributed by atoms with Crippen LogP contribution in [0.4, 0.5) is 13.2 Å². The number of aliphatic hydroxyl groups is 1. The van der Waals surface area contributed by atoms with Gasteiger partial charge in [0.25, 0.3) is 0 Å². The molecule has 4 nitrogen and oxygen atoms in total. The van der Waals surface area contributed by atoms with E-state index in [1.807, 2.05) is 0 Å². The van der Waals surface area contributed by atoms with Crippen molar-refractivity contribution in [2.24, 2.45) is 5.73 Å². The van der Waals surface area contributed by atoms with Crippen molar-refractivity contribution >= 4 is 5.97 Å². The number of nitrogens with two attached hydrogens (primary N) is 1. The molecule has 7 heteroatoms. The van der Waals surface area contributed by atoms with Crippen LogP contribution in [0.15, 0.2) is 0 Å². The summed E-state index contributed by atoms with van der Waals surface area (Å²) in [5, 5.41) is 9.51. The molecule has 0 aromatic carbocycles. The zero-order valence-electron chi connectivity index (χ0n) is 8.47. The molecule has 0 fully saturated rings. The highest BCUT2D eigenvalue weighted by molar-refractivity contribution is 5.75. The standard InChI is InChI=1S/C8H14F3NO3/c1-3-7(2,14)5(12)4-15-6(13)8(9,10)11/h5,14H,3-4,12H2,1-2H3/t5-,7-/m0/s1. The second-order valence-corrected chi connectivity index (χ2v) is 3.41. The maximum Gasteiger partial charge on any atom is 0.490 e.